The van der Waals surface area contributed by atoms with Gasteiger partial charge in [0.1, 0.15) is 0 Å². The van der Waals surface area contributed by atoms with Crippen molar-refractivity contribution in [3.63, 3.8) is 0 Å². The highest BCUT2D eigenvalue weighted by atomic mass is 127. The molecule has 0 heterocycles. The quantitative estimate of drug-likeness (QED) is 0.200. The van der Waals surface area contributed by atoms with Gasteiger partial charge in [0.2, 0.25) is 0 Å². The van der Waals surface area contributed by atoms with Crippen LogP contribution in [0.4, 0.5) is 0 Å². The summed E-state index contributed by atoms with van der Waals surface area (Å²) in [7, 11) is 1.75. The van der Waals surface area contributed by atoms with Crippen molar-refractivity contribution in [2.45, 2.75) is 25.7 Å². The van der Waals surface area contributed by atoms with Crippen molar-refractivity contribution in [2.24, 2.45) is 4.99 Å². The Hall–Kier alpha value is -2.42. The van der Waals surface area contributed by atoms with E-state index in [9.17, 15) is 5.11 Å². The topological polar surface area (TPSA) is 65.9 Å². The summed E-state index contributed by atoms with van der Waals surface area (Å²) in [6, 6.07) is 28.5. The van der Waals surface area contributed by atoms with E-state index in [2.05, 4.69) is 39.9 Å². The van der Waals surface area contributed by atoms with E-state index >= 15 is 0 Å². The zero-order valence-corrected chi connectivity index (χ0v) is 20.7. The second kappa shape index (κ2) is 14.6. The van der Waals surface area contributed by atoms with E-state index in [1.54, 1.807) is 7.05 Å². The number of hydrogen-bond donors (Lipinski definition) is 3. The Morgan fingerprint density at radius 2 is 1.47 bits per heavy atom. The number of ether oxygens (including phenoxy) is 1. The van der Waals surface area contributed by atoms with Gasteiger partial charge in [-0.25, -0.2) is 0 Å². The van der Waals surface area contributed by atoms with E-state index < -0.39 is 0 Å². The van der Waals surface area contributed by atoms with E-state index in [0.29, 0.717) is 32.3 Å². The number of halogens is 1. The maximum atomic E-state index is 9.76. The summed E-state index contributed by atoms with van der Waals surface area (Å²) in [4.78, 5) is 4.32. The second-order valence-corrected chi connectivity index (χ2v) is 7.34. The van der Waals surface area contributed by atoms with Gasteiger partial charge in [0, 0.05) is 26.1 Å². The highest BCUT2D eigenvalue weighted by Gasteiger charge is 2.11. The predicted octanol–water partition coefficient (Wildman–Crippen LogP) is 4.46. The molecule has 32 heavy (non-hydrogen) atoms. The van der Waals surface area contributed by atoms with Gasteiger partial charge in [0.25, 0.3) is 0 Å². The minimum atomic E-state index is 0. The van der Waals surface area contributed by atoms with Crippen molar-refractivity contribution in [3.05, 3.63) is 107 Å². The van der Waals surface area contributed by atoms with Gasteiger partial charge in [-0.05, 0) is 22.3 Å². The molecule has 0 saturated heterocycles. The second-order valence-electron chi connectivity index (χ2n) is 7.34. The first kappa shape index (κ1) is 25.8. The molecule has 0 aliphatic carbocycles. The van der Waals surface area contributed by atoms with Crippen LogP contribution in [-0.2, 0) is 24.5 Å². The lowest BCUT2D eigenvalue weighted by molar-refractivity contribution is 0.106. The number of benzene rings is 3. The zero-order chi connectivity index (χ0) is 21.7. The van der Waals surface area contributed by atoms with Crippen LogP contribution in [-0.4, -0.2) is 31.3 Å². The van der Waals surface area contributed by atoms with Crippen molar-refractivity contribution < 1.29 is 9.84 Å². The fourth-order valence-corrected chi connectivity index (χ4v) is 3.36. The van der Waals surface area contributed by atoms with Gasteiger partial charge in [0.05, 0.1) is 19.8 Å². The molecule has 0 amide bonds. The standard InChI is InChI=1S/C26H31N3O2.HI/c1-27-26(29-17-25(18-30)22-12-6-3-7-13-22)28-16-23-14-8-9-15-24(23)20-31-19-21-10-4-2-5-11-21;/h2-15,25,30H,16-20H2,1H3,(H2,27,28,29);1H. The molecule has 3 rings (SSSR count). The number of nitrogens with one attached hydrogen (secondary N) is 2. The summed E-state index contributed by atoms with van der Waals surface area (Å²) < 4.78 is 5.92. The average molecular weight is 545 g/mol. The molecule has 1 unspecified atom stereocenters. The predicted molar refractivity (Wildman–Crippen MR) is 141 cm³/mol. The Bertz CT molecular complexity index is 936. The molecule has 0 aromatic heterocycles. The third-order valence-corrected chi connectivity index (χ3v) is 5.16. The normalized spacial score (nSPS) is 12.0. The van der Waals surface area contributed by atoms with Crippen molar-refractivity contribution in [1.82, 2.24) is 10.6 Å². The number of nitrogens with zero attached hydrogens (tertiary/aromatic N) is 1. The third-order valence-electron chi connectivity index (χ3n) is 5.16. The molecule has 0 fully saturated rings. The summed E-state index contributed by atoms with van der Waals surface area (Å²) >= 11 is 0. The SMILES string of the molecule is CN=C(NCc1ccccc1COCc1ccccc1)NCC(CO)c1ccccc1.I. The van der Waals surface area contributed by atoms with Crippen molar-refractivity contribution in [1.29, 1.82) is 0 Å². The maximum Gasteiger partial charge on any atom is 0.191 e. The monoisotopic (exact) mass is 545 g/mol. The first-order valence-electron chi connectivity index (χ1n) is 10.6. The molecule has 3 aromatic rings. The van der Waals surface area contributed by atoms with Gasteiger partial charge in [-0.1, -0.05) is 84.9 Å². The van der Waals surface area contributed by atoms with Crippen LogP contribution < -0.4 is 10.6 Å². The minimum Gasteiger partial charge on any atom is -0.396 e. The van der Waals surface area contributed by atoms with Crippen molar-refractivity contribution in [3.8, 4) is 0 Å². The lowest BCUT2D eigenvalue weighted by Gasteiger charge is -2.18. The number of aliphatic hydroxyl groups excluding tert-OH is 1. The molecule has 6 heteroatoms. The van der Waals surface area contributed by atoms with Gasteiger partial charge in [-0.15, -0.1) is 24.0 Å². The number of aliphatic imine (C=N–C) groups is 1. The molecule has 3 aromatic carbocycles. The molecule has 170 valence electrons. The lowest BCUT2D eigenvalue weighted by Crippen LogP contribution is -2.39. The molecular formula is C26H32IN3O2. The largest absolute Gasteiger partial charge is 0.396 e. The fourth-order valence-electron chi connectivity index (χ4n) is 3.36. The highest BCUT2D eigenvalue weighted by Crippen LogP contribution is 2.14. The molecule has 0 saturated carbocycles. The molecule has 0 bridgehead atoms. The van der Waals surface area contributed by atoms with E-state index in [4.69, 9.17) is 4.74 Å². The van der Waals surface area contributed by atoms with Gasteiger partial charge in [-0.2, -0.15) is 0 Å². The first-order chi connectivity index (χ1) is 15.3. The Morgan fingerprint density at radius 3 is 2.12 bits per heavy atom. The average Bonchev–Trinajstić information content (AvgIpc) is 2.83. The highest BCUT2D eigenvalue weighted by molar-refractivity contribution is 14.0. The summed E-state index contributed by atoms with van der Waals surface area (Å²) in [6.45, 7) is 2.46. The molecule has 5 nitrogen and oxygen atoms in total. The summed E-state index contributed by atoms with van der Waals surface area (Å²) in [6.07, 6.45) is 0. The summed E-state index contributed by atoms with van der Waals surface area (Å²) in [5, 5.41) is 16.4. The van der Waals surface area contributed by atoms with Crippen LogP contribution >= 0.6 is 24.0 Å². The van der Waals surface area contributed by atoms with Crippen LogP contribution in [0.1, 0.15) is 28.2 Å². The number of guanidine groups is 1. The van der Waals surface area contributed by atoms with Crippen molar-refractivity contribution in [2.75, 3.05) is 20.2 Å². The summed E-state index contributed by atoms with van der Waals surface area (Å²) in [5.74, 6) is 0.716. The molecule has 1 atom stereocenters. The van der Waals surface area contributed by atoms with E-state index in [1.165, 1.54) is 11.1 Å². The van der Waals surface area contributed by atoms with Gasteiger partial charge >= 0.3 is 0 Å². The van der Waals surface area contributed by atoms with Crippen LogP contribution in [0.25, 0.3) is 0 Å². The van der Waals surface area contributed by atoms with E-state index in [0.717, 1.165) is 11.1 Å². The Kier molecular flexibility index (Phi) is 11.8. The Labute approximate surface area is 208 Å². The Balaban J connectivity index is 0.00000363. The van der Waals surface area contributed by atoms with E-state index in [-0.39, 0.29) is 36.5 Å². The molecule has 0 aliphatic heterocycles. The van der Waals surface area contributed by atoms with Crippen LogP contribution in [0.5, 0.6) is 0 Å². The molecule has 3 N–H and O–H groups in total. The van der Waals surface area contributed by atoms with Gasteiger partial charge in [-0.3, -0.25) is 4.99 Å². The molecule has 0 aliphatic rings. The molecule has 0 spiro atoms. The summed E-state index contributed by atoms with van der Waals surface area (Å²) in [5.41, 5.74) is 4.59. The maximum absolute atomic E-state index is 9.76. The Morgan fingerprint density at radius 1 is 0.844 bits per heavy atom. The number of hydrogen-bond acceptors (Lipinski definition) is 3. The van der Waals surface area contributed by atoms with E-state index in [1.807, 2.05) is 60.7 Å². The lowest BCUT2D eigenvalue weighted by atomic mass is 10.0. The number of aliphatic hydroxyl groups is 1. The fraction of sp³-hybridized carbons (Fsp3) is 0.269. The molecular weight excluding hydrogens is 513 g/mol. The zero-order valence-electron chi connectivity index (χ0n) is 18.4. The van der Waals surface area contributed by atoms with Gasteiger partial charge in [0.15, 0.2) is 5.96 Å². The smallest absolute Gasteiger partial charge is 0.191 e. The number of rotatable bonds is 10. The minimum absolute atomic E-state index is 0. The molecule has 0 radical (unpaired) electrons. The van der Waals surface area contributed by atoms with Crippen LogP contribution in [0.15, 0.2) is 89.9 Å². The van der Waals surface area contributed by atoms with Crippen molar-refractivity contribution >= 4 is 29.9 Å². The van der Waals surface area contributed by atoms with Crippen LogP contribution in [0, 0.1) is 0 Å². The third kappa shape index (κ3) is 8.26. The first-order valence-corrected chi connectivity index (χ1v) is 10.6. The van der Waals surface area contributed by atoms with Crippen LogP contribution in [0.2, 0.25) is 0 Å². The van der Waals surface area contributed by atoms with Crippen LogP contribution in [0.3, 0.4) is 0 Å². The van der Waals surface area contributed by atoms with Gasteiger partial charge < -0.3 is 20.5 Å².